The van der Waals surface area contributed by atoms with Gasteiger partial charge in [0.2, 0.25) is 0 Å². The van der Waals surface area contributed by atoms with Crippen LogP contribution in [0.15, 0.2) is 6.07 Å². The fourth-order valence-corrected chi connectivity index (χ4v) is 1.56. The van der Waals surface area contributed by atoms with Gasteiger partial charge in [0.1, 0.15) is 5.69 Å². The highest BCUT2D eigenvalue weighted by atomic mass is 16.4. The number of tetrazole rings is 1. The lowest BCUT2D eigenvalue weighted by Crippen LogP contribution is -2.09. The van der Waals surface area contributed by atoms with Crippen molar-refractivity contribution in [3.63, 3.8) is 0 Å². The van der Waals surface area contributed by atoms with Gasteiger partial charge in [0.15, 0.2) is 5.82 Å². The molecule has 2 aromatic heterocycles. The SMILES string of the molecule is Cc1cc(-c2nnnn2CCC(=O)O)n(C)n1. The maximum Gasteiger partial charge on any atom is 0.305 e. The van der Waals surface area contributed by atoms with Crippen molar-refractivity contribution >= 4 is 5.97 Å². The maximum atomic E-state index is 10.5. The lowest BCUT2D eigenvalue weighted by atomic mass is 10.3. The van der Waals surface area contributed by atoms with Gasteiger partial charge in [-0.3, -0.25) is 9.48 Å². The summed E-state index contributed by atoms with van der Waals surface area (Å²) < 4.78 is 3.13. The Morgan fingerprint density at radius 3 is 2.88 bits per heavy atom. The van der Waals surface area contributed by atoms with Gasteiger partial charge in [-0.15, -0.1) is 5.10 Å². The van der Waals surface area contributed by atoms with Crippen LogP contribution in [0.1, 0.15) is 12.1 Å². The summed E-state index contributed by atoms with van der Waals surface area (Å²) in [5.41, 5.74) is 1.62. The third-order valence-corrected chi connectivity index (χ3v) is 2.30. The predicted octanol–water partition coefficient (Wildman–Crippen LogP) is -0.143. The number of carboxylic acid groups (broad SMARTS) is 1. The number of aryl methyl sites for hydroxylation is 3. The van der Waals surface area contributed by atoms with E-state index in [0.29, 0.717) is 5.82 Å². The minimum Gasteiger partial charge on any atom is -0.481 e. The molecule has 1 N–H and O–H groups in total. The van der Waals surface area contributed by atoms with E-state index in [0.717, 1.165) is 11.4 Å². The third-order valence-electron chi connectivity index (χ3n) is 2.30. The average Bonchev–Trinajstić information content (AvgIpc) is 2.81. The van der Waals surface area contributed by atoms with Gasteiger partial charge >= 0.3 is 5.97 Å². The number of carboxylic acids is 1. The molecular weight excluding hydrogens is 224 g/mol. The van der Waals surface area contributed by atoms with Crippen LogP contribution < -0.4 is 0 Å². The molecule has 0 fully saturated rings. The molecule has 0 atom stereocenters. The van der Waals surface area contributed by atoms with Gasteiger partial charge in [0.05, 0.1) is 18.7 Å². The van der Waals surface area contributed by atoms with Crippen molar-refractivity contribution in [1.29, 1.82) is 0 Å². The summed E-state index contributed by atoms with van der Waals surface area (Å²) in [7, 11) is 1.79. The molecule has 0 saturated heterocycles. The second-order valence-corrected chi connectivity index (χ2v) is 3.66. The zero-order chi connectivity index (χ0) is 12.4. The Morgan fingerprint density at radius 2 is 2.29 bits per heavy atom. The third kappa shape index (κ3) is 2.30. The van der Waals surface area contributed by atoms with Crippen LogP contribution in [0, 0.1) is 6.92 Å². The Balaban J connectivity index is 2.30. The summed E-state index contributed by atoms with van der Waals surface area (Å²) in [6, 6.07) is 1.85. The minimum atomic E-state index is -0.882. The Labute approximate surface area is 96.9 Å². The van der Waals surface area contributed by atoms with Crippen LogP contribution in [0.2, 0.25) is 0 Å². The molecule has 0 aliphatic carbocycles. The number of aliphatic carboxylic acids is 1. The molecular formula is C9H12N6O2. The van der Waals surface area contributed by atoms with E-state index in [1.54, 1.807) is 11.7 Å². The largest absolute Gasteiger partial charge is 0.481 e. The summed E-state index contributed by atoms with van der Waals surface area (Å²) in [5.74, 6) is -0.359. The molecule has 0 radical (unpaired) electrons. The number of hydrogen-bond acceptors (Lipinski definition) is 5. The fraction of sp³-hybridized carbons (Fsp3) is 0.444. The first-order valence-corrected chi connectivity index (χ1v) is 5.07. The summed E-state index contributed by atoms with van der Waals surface area (Å²) in [6.07, 6.45) is -0.0190. The van der Waals surface area contributed by atoms with Crippen molar-refractivity contribution in [2.75, 3.05) is 0 Å². The highest BCUT2D eigenvalue weighted by Gasteiger charge is 2.14. The van der Waals surface area contributed by atoms with E-state index in [1.165, 1.54) is 4.68 Å². The second-order valence-electron chi connectivity index (χ2n) is 3.66. The topological polar surface area (TPSA) is 98.7 Å². The minimum absolute atomic E-state index is 0.0190. The van der Waals surface area contributed by atoms with E-state index < -0.39 is 5.97 Å². The smallest absolute Gasteiger partial charge is 0.305 e. The van der Waals surface area contributed by atoms with E-state index in [9.17, 15) is 4.79 Å². The quantitative estimate of drug-likeness (QED) is 0.793. The molecule has 0 aromatic carbocycles. The lowest BCUT2D eigenvalue weighted by Gasteiger charge is -2.02. The Bertz CT molecular complexity index is 543. The zero-order valence-corrected chi connectivity index (χ0v) is 9.53. The molecule has 17 heavy (non-hydrogen) atoms. The molecule has 90 valence electrons. The van der Waals surface area contributed by atoms with E-state index in [2.05, 4.69) is 20.6 Å². The van der Waals surface area contributed by atoms with Gasteiger partial charge < -0.3 is 5.11 Å². The first-order valence-electron chi connectivity index (χ1n) is 5.07. The molecule has 2 rings (SSSR count). The van der Waals surface area contributed by atoms with Crippen molar-refractivity contribution in [3.05, 3.63) is 11.8 Å². The summed E-state index contributed by atoms with van der Waals surface area (Å²) in [4.78, 5) is 10.5. The van der Waals surface area contributed by atoms with E-state index in [-0.39, 0.29) is 13.0 Å². The van der Waals surface area contributed by atoms with Crippen molar-refractivity contribution in [1.82, 2.24) is 30.0 Å². The number of hydrogen-bond donors (Lipinski definition) is 1. The number of nitrogens with zero attached hydrogens (tertiary/aromatic N) is 6. The Morgan fingerprint density at radius 1 is 1.53 bits per heavy atom. The van der Waals surface area contributed by atoms with Crippen LogP contribution in [0.5, 0.6) is 0 Å². The Hall–Kier alpha value is -2.25. The highest BCUT2D eigenvalue weighted by Crippen LogP contribution is 2.16. The van der Waals surface area contributed by atoms with Crippen LogP contribution >= 0.6 is 0 Å². The highest BCUT2D eigenvalue weighted by molar-refractivity contribution is 5.66. The Kier molecular flexibility index (Phi) is 2.86. The van der Waals surface area contributed by atoms with Crippen molar-refractivity contribution in [2.45, 2.75) is 19.9 Å². The second kappa shape index (κ2) is 4.32. The molecule has 0 unspecified atom stereocenters. The summed E-state index contributed by atoms with van der Waals surface area (Å²) in [6.45, 7) is 2.11. The molecule has 0 amide bonds. The molecule has 0 saturated carbocycles. The first-order chi connectivity index (χ1) is 8.08. The van der Waals surface area contributed by atoms with Gasteiger partial charge in [-0.25, -0.2) is 4.68 Å². The van der Waals surface area contributed by atoms with Gasteiger partial charge in [0, 0.05) is 7.05 Å². The fourth-order valence-electron chi connectivity index (χ4n) is 1.56. The van der Waals surface area contributed by atoms with Gasteiger partial charge in [-0.1, -0.05) is 0 Å². The number of carbonyl (C=O) groups is 1. The van der Waals surface area contributed by atoms with Crippen LogP contribution in [0.25, 0.3) is 11.5 Å². The van der Waals surface area contributed by atoms with E-state index >= 15 is 0 Å². The lowest BCUT2D eigenvalue weighted by molar-refractivity contribution is -0.137. The predicted molar refractivity (Wildman–Crippen MR) is 57.0 cm³/mol. The molecule has 0 aliphatic rings. The average molecular weight is 236 g/mol. The van der Waals surface area contributed by atoms with Crippen LogP contribution in [-0.2, 0) is 18.4 Å². The first kappa shape index (κ1) is 11.2. The molecule has 2 heterocycles. The molecule has 8 nitrogen and oxygen atoms in total. The van der Waals surface area contributed by atoms with Crippen molar-refractivity contribution < 1.29 is 9.90 Å². The molecule has 0 bridgehead atoms. The van der Waals surface area contributed by atoms with Gasteiger partial charge in [-0.05, 0) is 23.4 Å². The number of rotatable bonds is 4. The van der Waals surface area contributed by atoms with Crippen LogP contribution in [0.3, 0.4) is 0 Å². The van der Waals surface area contributed by atoms with Crippen molar-refractivity contribution in [3.8, 4) is 11.5 Å². The van der Waals surface area contributed by atoms with Crippen molar-refractivity contribution in [2.24, 2.45) is 7.05 Å². The van der Waals surface area contributed by atoms with E-state index in [4.69, 9.17) is 5.11 Å². The van der Waals surface area contributed by atoms with Crippen LogP contribution in [-0.4, -0.2) is 41.1 Å². The summed E-state index contributed by atoms with van der Waals surface area (Å²) >= 11 is 0. The standard InChI is InChI=1S/C9H12N6O2/c1-6-5-7(14(2)11-6)9-10-12-13-15(9)4-3-8(16)17/h5H,3-4H2,1-2H3,(H,16,17). The monoisotopic (exact) mass is 236 g/mol. The molecule has 0 aliphatic heterocycles. The van der Waals surface area contributed by atoms with Crippen LogP contribution in [0.4, 0.5) is 0 Å². The van der Waals surface area contributed by atoms with E-state index in [1.807, 2.05) is 13.0 Å². The normalized spacial score (nSPS) is 10.7. The molecule has 0 spiro atoms. The number of aromatic nitrogens is 6. The van der Waals surface area contributed by atoms with Gasteiger partial charge in [0.25, 0.3) is 0 Å². The maximum absolute atomic E-state index is 10.5. The molecule has 8 heteroatoms. The molecule has 2 aromatic rings. The van der Waals surface area contributed by atoms with Gasteiger partial charge in [-0.2, -0.15) is 5.10 Å². The summed E-state index contributed by atoms with van der Waals surface area (Å²) in [5, 5.41) is 24.0. The zero-order valence-electron chi connectivity index (χ0n) is 9.53.